The van der Waals surface area contributed by atoms with Crippen LogP contribution in [-0.2, 0) is 23.9 Å². The zero-order valence-electron chi connectivity index (χ0n) is 22.2. The minimum atomic E-state index is -1.21. The molecule has 0 spiro atoms. The second-order valence-corrected chi connectivity index (χ2v) is 13.5. The number of β-lactam (4-membered cyclic amide) rings is 1. The molecule has 2 aliphatic heterocycles. The molecule has 17 heteroatoms. The van der Waals surface area contributed by atoms with Gasteiger partial charge < -0.3 is 20.5 Å². The highest BCUT2D eigenvalue weighted by molar-refractivity contribution is 8.01. The molecule has 12 nitrogen and oxygen atoms in total. The molecule has 3 N–H and O–H groups in total. The van der Waals surface area contributed by atoms with Crippen LogP contribution in [0.4, 0.5) is 0 Å². The van der Waals surface area contributed by atoms with Crippen LogP contribution in [0.2, 0.25) is 10.0 Å². The van der Waals surface area contributed by atoms with E-state index in [-0.39, 0.29) is 35.5 Å². The molecule has 0 saturated carbocycles. The van der Waals surface area contributed by atoms with Gasteiger partial charge in [0.1, 0.15) is 28.2 Å². The number of hydrogen-bond donors (Lipinski definition) is 3. The molecule has 0 bridgehead atoms. The number of rotatable bonds is 12. The average Bonchev–Trinajstić information content (AvgIpc) is 3.37. The summed E-state index contributed by atoms with van der Waals surface area (Å²) in [4.78, 5) is 63.8. The van der Waals surface area contributed by atoms with E-state index >= 15 is 0 Å². The Hall–Kier alpha value is -2.85. The number of carbonyl (C=O) groups is 5. The van der Waals surface area contributed by atoms with Crippen molar-refractivity contribution in [3.63, 3.8) is 0 Å². The number of halogens is 2. The van der Waals surface area contributed by atoms with Crippen LogP contribution in [0, 0.1) is 6.92 Å². The van der Waals surface area contributed by atoms with Gasteiger partial charge in [-0.1, -0.05) is 46.3 Å². The molecule has 2 aliphatic rings. The van der Waals surface area contributed by atoms with Crippen LogP contribution in [0.15, 0.2) is 33.8 Å². The number of nitrogens with one attached hydrogen (secondary N) is 2. The first-order valence-electron chi connectivity index (χ1n) is 12.5. The number of carboxylic acid groups (broad SMARTS) is 1. The summed E-state index contributed by atoms with van der Waals surface area (Å²) in [6, 6.07) is 2.40. The summed E-state index contributed by atoms with van der Waals surface area (Å²) in [7, 11) is 1.18. The number of carbonyl (C=O) groups excluding carboxylic acids is 4. The summed E-state index contributed by atoms with van der Waals surface area (Å²) in [6.45, 7) is 1.83. The number of thioether (sulfide) groups is 2. The third kappa shape index (κ3) is 7.37. The molecule has 224 valence electrons. The number of aliphatic carboxylic acids is 1. The number of aryl methyl sites for hydroxylation is 1. The van der Waals surface area contributed by atoms with Gasteiger partial charge in [-0.3, -0.25) is 19.3 Å². The maximum Gasteiger partial charge on any atom is 0.352 e. The molecule has 1 aromatic carbocycles. The Kier molecular flexibility index (Phi) is 10.8. The van der Waals surface area contributed by atoms with Gasteiger partial charge >= 0.3 is 11.9 Å². The topological polar surface area (TPSA) is 168 Å². The number of methoxy groups -OCH3 is 1. The van der Waals surface area contributed by atoms with Crippen molar-refractivity contribution < 1.29 is 33.8 Å². The number of fused-ring (bicyclic) bond motifs is 1. The first kappa shape index (κ1) is 32.1. The highest BCUT2D eigenvalue weighted by Gasteiger charge is 2.54. The molecular formula is C25H25Cl2N5O7S3. The van der Waals surface area contributed by atoms with Crippen molar-refractivity contribution in [1.82, 2.24) is 25.7 Å². The Morgan fingerprint density at radius 2 is 2.02 bits per heavy atom. The van der Waals surface area contributed by atoms with Crippen molar-refractivity contribution in [3.8, 4) is 0 Å². The molecule has 42 heavy (non-hydrogen) atoms. The summed E-state index contributed by atoms with van der Waals surface area (Å²) in [6.07, 6.45) is 0.230. The van der Waals surface area contributed by atoms with Gasteiger partial charge in [0.2, 0.25) is 5.91 Å². The molecule has 3 heterocycles. The molecule has 0 radical (unpaired) electrons. The van der Waals surface area contributed by atoms with E-state index in [0.29, 0.717) is 26.4 Å². The van der Waals surface area contributed by atoms with Crippen LogP contribution >= 0.6 is 58.1 Å². The lowest BCUT2D eigenvalue weighted by atomic mass is 10.0. The van der Waals surface area contributed by atoms with E-state index in [1.807, 2.05) is 6.92 Å². The molecule has 2 unspecified atom stereocenters. The molecule has 3 amide bonds. The number of esters is 1. The Labute approximate surface area is 262 Å². The number of carboxylic acids is 1. The maximum absolute atomic E-state index is 12.9. The first-order valence-corrected chi connectivity index (χ1v) is 16.1. The van der Waals surface area contributed by atoms with E-state index in [9.17, 15) is 29.1 Å². The molecule has 1 saturated heterocycles. The number of hydrogen-bond acceptors (Lipinski definition) is 11. The van der Waals surface area contributed by atoms with Crippen molar-refractivity contribution in [2.75, 3.05) is 18.6 Å². The normalized spacial score (nSPS) is 18.6. The van der Waals surface area contributed by atoms with Gasteiger partial charge in [-0.2, -0.15) is 0 Å². The summed E-state index contributed by atoms with van der Waals surface area (Å²) in [5, 5.41) is 23.8. The Bertz CT molecular complexity index is 1450. The second-order valence-electron chi connectivity index (χ2n) is 9.15. The third-order valence-electron chi connectivity index (χ3n) is 6.31. The predicted molar refractivity (Wildman–Crippen MR) is 159 cm³/mol. The fourth-order valence-electron chi connectivity index (χ4n) is 4.29. The fourth-order valence-corrected chi connectivity index (χ4v) is 8.09. The van der Waals surface area contributed by atoms with Gasteiger partial charge in [0.05, 0.1) is 17.7 Å². The van der Waals surface area contributed by atoms with E-state index in [2.05, 4.69) is 20.8 Å². The van der Waals surface area contributed by atoms with E-state index in [1.54, 1.807) is 0 Å². The van der Waals surface area contributed by atoms with E-state index < -0.39 is 47.1 Å². The first-order chi connectivity index (χ1) is 20.0. The van der Waals surface area contributed by atoms with Crippen LogP contribution < -0.4 is 10.6 Å². The molecular weight excluding hydrogens is 649 g/mol. The Morgan fingerprint density at radius 1 is 1.26 bits per heavy atom. The number of benzene rings is 1. The van der Waals surface area contributed by atoms with Crippen LogP contribution in [0.3, 0.4) is 0 Å². The van der Waals surface area contributed by atoms with Crippen molar-refractivity contribution in [2.24, 2.45) is 0 Å². The van der Waals surface area contributed by atoms with Gasteiger partial charge in [0.15, 0.2) is 4.34 Å². The van der Waals surface area contributed by atoms with E-state index in [4.69, 9.17) is 27.9 Å². The summed E-state index contributed by atoms with van der Waals surface area (Å²) >= 11 is 16.1. The van der Waals surface area contributed by atoms with Crippen LogP contribution in [-0.4, -0.2) is 85.9 Å². The van der Waals surface area contributed by atoms with Crippen molar-refractivity contribution >= 4 is 87.7 Å². The Morgan fingerprint density at radius 3 is 2.67 bits per heavy atom. The molecule has 2 aromatic rings. The average molecular weight is 675 g/mol. The summed E-state index contributed by atoms with van der Waals surface area (Å²) < 4.78 is 5.49. The van der Waals surface area contributed by atoms with Gasteiger partial charge in [-0.15, -0.1) is 22.0 Å². The van der Waals surface area contributed by atoms with Crippen LogP contribution in [0.25, 0.3) is 0 Å². The molecule has 3 atom stereocenters. The lowest BCUT2D eigenvalue weighted by Crippen LogP contribution is -2.70. The predicted octanol–water partition coefficient (Wildman–Crippen LogP) is 3.13. The summed E-state index contributed by atoms with van der Waals surface area (Å²) in [5.41, 5.74) is 0.647. The number of nitrogens with zero attached hydrogens (tertiary/aromatic N) is 3. The maximum atomic E-state index is 12.9. The minimum absolute atomic E-state index is 0.0446. The highest BCUT2D eigenvalue weighted by atomic mass is 35.5. The quantitative estimate of drug-likeness (QED) is 0.172. The fraction of sp³-hybridized carbons (Fsp3) is 0.400. The molecule has 1 aromatic heterocycles. The van der Waals surface area contributed by atoms with Gasteiger partial charge in [-0.25, -0.2) is 9.59 Å². The zero-order valence-corrected chi connectivity index (χ0v) is 26.2. The van der Waals surface area contributed by atoms with Gasteiger partial charge in [0.25, 0.3) is 11.8 Å². The third-order valence-corrected chi connectivity index (χ3v) is 10.3. The van der Waals surface area contributed by atoms with Crippen molar-refractivity contribution in [3.05, 3.63) is 50.1 Å². The second kappa shape index (κ2) is 14.1. The number of ether oxygens (including phenoxy) is 1. The minimum Gasteiger partial charge on any atom is -0.477 e. The summed E-state index contributed by atoms with van der Waals surface area (Å²) in [5.74, 6) is -2.74. The van der Waals surface area contributed by atoms with Gasteiger partial charge in [0, 0.05) is 22.9 Å². The lowest BCUT2D eigenvalue weighted by Gasteiger charge is -2.49. The zero-order chi connectivity index (χ0) is 30.6. The number of aromatic nitrogens is 2. The van der Waals surface area contributed by atoms with E-state index in [1.165, 1.54) is 65.1 Å². The molecule has 0 aliphatic carbocycles. The monoisotopic (exact) mass is 673 g/mol. The van der Waals surface area contributed by atoms with Crippen LogP contribution in [0.1, 0.15) is 34.6 Å². The molecule has 4 rings (SSSR count). The van der Waals surface area contributed by atoms with Crippen LogP contribution in [0.5, 0.6) is 0 Å². The number of amides is 3. The van der Waals surface area contributed by atoms with Gasteiger partial charge in [-0.05, 0) is 43.5 Å². The van der Waals surface area contributed by atoms with E-state index in [0.717, 1.165) is 5.01 Å². The highest BCUT2D eigenvalue weighted by Crippen LogP contribution is 2.41. The van der Waals surface area contributed by atoms with Crippen molar-refractivity contribution in [2.45, 2.75) is 48.0 Å². The lowest BCUT2D eigenvalue weighted by molar-refractivity contribution is -0.150. The standard InChI is InChI=1S/C25H25Cl2N5O7S3/c1-11-30-31-25(42-11)41-10-12-9-40-22-18(21(35)32(22)19(12)23(36)37)29-17(33)5-3-4-16(24(38)39-2)28-20(34)14-7-6-13(26)8-15(14)27/h6-8,16,18,22H,3-5,9-10H2,1-2H3,(H,28,34)(H,29,33)(H,36,37)/t16?,18?,22-/m1/s1. The molecule has 1 fully saturated rings. The van der Waals surface area contributed by atoms with Crippen molar-refractivity contribution in [1.29, 1.82) is 0 Å². The smallest absolute Gasteiger partial charge is 0.352 e. The SMILES string of the molecule is COC(=O)C(CCCC(=O)NC1C(=O)N2C(C(=O)O)=C(CSc3nnc(C)s3)CS[C@H]12)NC(=O)c1ccc(Cl)cc1Cl. The largest absolute Gasteiger partial charge is 0.477 e. The Balaban J connectivity index is 1.30.